The fourth-order valence-corrected chi connectivity index (χ4v) is 3.22. The molecule has 0 aliphatic carbocycles. The molecule has 1 N–H and O–H groups in total. The molecule has 0 saturated heterocycles. The number of hydrogen-bond donors (Lipinski definition) is 1. The highest BCUT2D eigenvalue weighted by Crippen LogP contribution is 2.08. The van der Waals surface area contributed by atoms with Crippen LogP contribution in [-0.4, -0.2) is 29.3 Å². The second-order valence-corrected chi connectivity index (χ2v) is 6.49. The van der Waals surface area contributed by atoms with Crippen LogP contribution in [0.25, 0.3) is 0 Å². The van der Waals surface area contributed by atoms with E-state index in [2.05, 4.69) is 5.32 Å². The molecule has 0 radical (unpaired) electrons. The maximum absolute atomic E-state index is 11.8. The van der Waals surface area contributed by atoms with Crippen molar-refractivity contribution in [3.63, 3.8) is 0 Å². The highest BCUT2D eigenvalue weighted by Gasteiger charge is 2.21. The minimum atomic E-state index is -3.11. The van der Waals surface area contributed by atoms with Crippen molar-refractivity contribution in [3.05, 3.63) is 44.1 Å². The quantitative estimate of drug-likeness (QED) is 0.729. The maximum Gasteiger partial charge on any atom is 0.330 e. The van der Waals surface area contributed by atoms with Gasteiger partial charge in [-0.25, -0.2) is 13.2 Å². The number of nitrogens with one attached hydrogen (secondary N) is 1. The van der Waals surface area contributed by atoms with Crippen LogP contribution in [0.5, 0.6) is 0 Å². The molecule has 0 fully saturated rings. The van der Waals surface area contributed by atoms with Crippen molar-refractivity contribution in [1.82, 2.24) is 14.5 Å². The molecule has 0 spiro atoms. The Morgan fingerprint density at radius 3 is 2.63 bits per heavy atom. The molecule has 19 heavy (non-hydrogen) atoms. The van der Waals surface area contributed by atoms with Gasteiger partial charge in [-0.1, -0.05) is 6.08 Å². The molecule has 0 saturated carbocycles. The summed E-state index contributed by atoms with van der Waals surface area (Å²) in [6.45, 7) is 0.214. The van der Waals surface area contributed by atoms with Gasteiger partial charge in [0.1, 0.15) is 0 Å². The van der Waals surface area contributed by atoms with Crippen LogP contribution in [0.2, 0.25) is 0 Å². The van der Waals surface area contributed by atoms with Gasteiger partial charge in [-0.2, -0.15) is 0 Å². The molecule has 1 aliphatic rings. The molecular formula is C11H15N3O4S. The van der Waals surface area contributed by atoms with Gasteiger partial charge >= 0.3 is 5.69 Å². The van der Waals surface area contributed by atoms with Gasteiger partial charge in [0.05, 0.1) is 5.75 Å². The molecule has 0 amide bonds. The van der Waals surface area contributed by atoms with Crippen LogP contribution in [0.1, 0.15) is 5.56 Å². The van der Waals surface area contributed by atoms with Crippen molar-refractivity contribution in [1.29, 1.82) is 0 Å². The Hall–Kier alpha value is -1.67. The van der Waals surface area contributed by atoms with Crippen LogP contribution in [0.3, 0.4) is 0 Å². The summed E-state index contributed by atoms with van der Waals surface area (Å²) in [4.78, 5) is 23.3. The van der Waals surface area contributed by atoms with Gasteiger partial charge in [-0.05, 0) is 0 Å². The molecule has 0 bridgehead atoms. The molecule has 1 unspecified atom stereocenters. The normalized spacial score (nSPS) is 20.8. The van der Waals surface area contributed by atoms with Gasteiger partial charge in [0.2, 0.25) is 0 Å². The van der Waals surface area contributed by atoms with Gasteiger partial charge in [-0.3, -0.25) is 9.36 Å². The number of rotatable bonds is 3. The van der Waals surface area contributed by atoms with E-state index in [0.29, 0.717) is 5.56 Å². The zero-order valence-corrected chi connectivity index (χ0v) is 11.5. The van der Waals surface area contributed by atoms with Crippen molar-refractivity contribution in [2.45, 2.75) is 12.6 Å². The predicted octanol–water partition coefficient (Wildman–Crippen LogP) is -1.52. The van der Waals surface area contributed by atoms with Gasteiger partial charge in [0.25, 0.3) is 5.56 Å². The minimum absolute atomic E-state index is 0.000913. The summed E-state index contributed by atoms with van der Waals surface area (Å²) in [5.41, 5.74) is -0.347. The second kappa shape index (κ2) is 4.78. The zero-order chi connectivity index (χ0) is 14.2. The molecule has 104 valence electrons. The summed E-state index contributed by atoms with van der Waals surface area (Å²) in [5, 5.41) is 4.14. The van der Waals surface area contributed by atoms with Crippen LogP contribution in [0, 0.1) is 0 Å². The number of sulfone groups is 1. The Bertz CT molecular complexity index is 742. The lowest BCUT2D eigenvalue weighted by Crippen LogP contribution is -2.40. The number of nitrogens with zero attached hydrogens (tertiary/aromatic N) is 2. The van der Waals surface area contributed by atoms with Crippen LogP contribution in [-0.2, 0) is 30.5 Å². The fraction of sp³-hybridized carbons (Fsp3) is 0.455. The summed E-state index contributed by atoms with van der Waals surface area (Å²) in [6, 6.07) is -0.299. The lowest BCUT2D eigenvalue weighted by atomic mass is 10.3. The van der Waals surface area contributed by atoms with E-state index < -0.39 is 15.5 Å². The molecular weight excluding hydrogens is 270 g/mol. The van der Waals surface area contributed by atoms with E-state index in [0.717, 1.165) is 4.57 Å². The van der Waals surface area contributed by atoms with E-state index in [1.165, 1.54) is 23.2 Å². The molecule has 1 aromatic heterocycles. The van der Waals surface area contributed by atoms with E-state index in [-0.39, 0.29) is 23.9 Å². The summed E-state index contributed by atoms with van der Waals surface area (Å²) < 4.78 is 24.8. The Kier molecular flexibility index (Phi) is 3.46. The van der Waals surface area contributed by atoms with Gasteiger partial charge in [0.15, 0.2) is 9.84 Å². The molecule has 8 heteroatoms. The van der Waals surface area contributed by atoms with E-state index in [1.807, 2.05) is 0 Å². The van der Waals surface area contributed by atoms with Crippen molar-refractivity contribution < 1.29 is 8.42 Å². The van der Waals surface area contributed by atoms with Crippen LogP contribution in [0.15, 0.2) is 27.3 Å². The van der Waals surface area contributed by atoms with Crippen molar-refractivity contribution in [3.8, 4) is 0 Å². The molecule has 0 aromatic carbocycles. The first kappa shape index (κ1) is 13.8. The summed E-state index contributed by atoms with van der Waals surface area (Å²) in [6.07, 6.45) is 3.02. The zero-order valence-electron chi connectivity index (χ0n) is 10.7. The number of aryl methyl sites for hydroxylation is 1. The maximum atomic E-state index is 11.8. The first-order chi connectivity index (χ1) is 8.80. The molecule has 2 rings (SSSR count). The molecule has 1 aliphatic heterocycles. The summed E-state index contributed by atoms with van der Waals surface area (Å²) in [7, 11) is -0.143. The Labute approximate surface area is 110 Å². The van der Waals surface area contributed by atoms with E-state index in [9.17, 15) is 18.0 Å². The van der Waals surface area contributed by atoms with Gasteiger partial charge in [0, 0.05) is 43.9 Å². The average Bonchev–Trinajstić information content (AvgIpc) is 2.69. The third kappa shape index (κ3) is 2.85. The number of hydrogen-bond acceptors (Lipinski definition) is 5. The summed E-state index contributed by atoms with van der Waals surface area (Å²) >= 11 is 0. The second-order valence-electron chi connectivity index (χ2n) is 4.56. The largest absolute Gasteiger partial charge is 0.330 e. The molecule has 2 heterocycles. The molecule has 1 atom stereocenters. The standard InChI is InChI=1S/C11H15N3O4S/c1-13-6-8(10(15)14(2)11(13)16)5-12-9-3-4-19(17,18)7-9/h3-4,6,9,12H,5,7H2,1-2H3. The van der Waals surface area contributed by atoms with E-state index in [1.54, 1.807) is 13.1 Å². The molecule has 7 nitrogen and oxygen atoms in total. The lowest BCUT2D eigenvalue weighted by molar-refractivity contribution is 0.583. The Balaban J connectivity index is 2.16. The minimum Gasteiger partial charge on any atom is -0.305 e. The SMILES string of the molecule is Cn1cc(CNC2C=CS(=O)(=O)C2)c(=O)n(C)c1=O. The third-order valence-corrected chi connectivity index (χ3v) is 4.40. The Morgan fingerprint density at radius 2 is 2.05 bits per heavy atom. The number of aromatic nitrogens is 2. The first-order valence-electron chi connectivity index (χ1n) is 5.70. The van der Waals surface area contributed by atoms with Crippen molar-refractivity contribution >= 4 is 9.84 Å². The van der Waals surface area contributed by atoms with Gasteiger partial charge < -0.3 is 9.88 Å². The van der Waals surface area contributed by atoms with Crippen LogP contribution < -0.4 is 16.6 Å². The molecule has 1 aromatic rings. The highest BCUT2D eigenvalue weighted by atomic mass is 32.2. The average molecular weight is 285 g/mol. The van der Waals surface area contributed by atoms with Crippen LogP contribution >= 0.6 is 0 Å². The first-order valence-corrected chi connectivity index (χ1v) is 7.41. The lowest BCUT2D eigenvalue weighted by Gasteiger charge is -2.11. The highest BCUT2D eigenvalue weighted by molar-refractivity contribution is 7.94. The predicted molar refractivity (Wildman–Crippen MR) is 70.5 cm³/mol. The van der Waals surface area contributed by atoms with Gasteiger partial charge in [-0.15, -0.1) is 0 Å². The monoisotopic (exact) mass is 285 g/mol. The summed E-state index contributed by atoms with van der Waals surface area (Å²) in [5.74, 6) is -0.000913. The van der Waals surface area contributed by atoms with E-state index >= 15 is 0 Å². The Morgan fingerprint density at radius 1 is 1.37 bits per heavy atom. The van der Waals surface area contributed by atoms with E-state index in [4.69, 9.17) is 0 Å². The fourth-order valence-electron chi connectivity index (χ4n) is 1.95. The third-order valence-electron chi connectivity index (χ3n) is 3.00. The van der Waals surface area contributed by atoms with Crippen LogP contribution in [0.4, 0.5) is 0 Å². The topological polar surface area (TPSA) is 90.2 Å². The van der Waals surface area contributed by atoms with Crippen molar-refractivity contribution in [2.24, 2.45) is 14.1 Å². The van der Waals surface area contributed by atoms with Crippen molar-refractivity contribution in [2.75, 3.05) is 5.75 Å². The smallest absolute Gasteiger partial charge is 0.305 e.